The Morgan fingerprint density at radius 1 is 1.00 bits per heavy atom. The molecule has 4 rings (SSSR count). The largest absolute Gasteiger partial charge is 0.504 e. The van der Waals surface area contributed by atoms with E-state index in [4.69, 9.17) is 27.9 Å². The van der Waals surface area contributed by atoms with Crippen molar-refractivity contribution >= 4 is 46.3 Å². The van der Waals surface area contributed by atoms with E-state index in [9.17, 15) is 9.90 Å². The van der Waals surface area contributed by atoms with Gasteiger partial charge in [0.15, 0.2) is 11.5 Å². The summed E-state index contributed by atoms with van der Waals surface area (Å²) in [5, 5.41) is 10.9. The van der Waals surface area contributed by atoms with Gasteiger partial charge in [0.2, 0.25) is 0 Å². The van der Waals surface area contributed by atoms with Gasteiger partial charge in [-0.2, -0.15) is 0 Å². The molecule has 0 unspecified atom stereocenters. The first-order valence-electron chi connectivity index (χ1n) is 9.01. The van der Waals surface area contributed by atoms with Gasteiger partial charge in [0.1, 0.15) is 5.82 Å². The van der Waals surface area contributed by atoms with E-state index in [-0.39, 0.29) is 11.3 Å². The second-order valence-electron chi connectivity index (χ2n) is 6.46. The van der Waals surface area contributed by atoms with Crippen molar-refractivity contribution in [1.29, 1.82) is 0 Å². The lowest BCUT2D eigenvalue weighted by atomic mass is 10.1. The summed E-state index contributed by atoms with van der Waals surface area (Å²) in [7, 11) is 1.48. The van der Waals surface area contributed by atoms with Crippen LogP contribution < -0.4 is 10.3 Å². The lowest BCUT2D eigenvalue weighted by Crippen LogP contribution is -2.23. The Labute approximate surface area is 182 Å². The molecule has 7 heteroatoms. The van der Waals surface area contributed by atoms with Crippen LogP contribution in [0.5, 0.6) is 11.5 Å². The summed E-state index contributed by atoms with van der Waals surface area (Å²) in [5.74, 6) is 0.745. The molecule has 0 saturated heterocycles. The van der Waals surface area contributed by atoms with Gasteiger partial charge in [-0.15, -0.1) is 0 Å². The number of fused-ring (bicyclic) bond motifs is 1. The number of rotatable bonds is 4. The van der Waals surface area contributed by atoms with Gasteiger partial charge in [-0.05, 0) is 48.0 Å². The fourth-order valence-electron chi connectivity index (χ4n) is 3.15. The summed E-state index contributed by atoms with van der Waals surface area (Å²) in [6.07, 6.45) is 3.46. The summed E-state index contributed by atoms with van der Waals surface area (Å²) in [6.45, 7) is 0. The minimum atomic E-state index is -0.279. The Balaban J connectivity index is 1.96. The molecule has 0 atom stereocenters. The Morgan fingerprint density at radius 3 is 2.47 bits per heavy atom. The smallest absolute Gasteiger partial charge is 0.266 e. The molecule has 0 amide bonds. The van der Waals surface area contributed by atoms with Gasteiger partial charge < -0.3 is 9.84 Å². The third-order valence-electron chi connectivity index (χ3n) is 4.59. The number of aromatic nitrogens is 2. The number of hydrogen-bond acceptors (Lipinski definition) is 4. The maximum atomic E-state index is 13.3. The van der Waals surface area contributed by atoms with Crippen LogP contribution in [0.1, 0.15) is 11.4 Å². The Morgan fingerprint density at radius 2 is 1.73 bits per heavy atom. The minimum Gasteiger partial charge on any atom is -0.504 e. The number of hydrogen-bond donors (Lipinski definition) is 1. The first kappa shape index (κ1) is 20.0. The maximum absolute atomic E-state index is 13.3. The van der Waals surface area contributed by atoms with Crippen molar-refractivity contribution < 1.29 is 9.84 Å². The molecule has 0 spiro atoms. The second kappa shape index (κ2) is 8.22. The highest BCUT2D eigenvalue weighted by Gasteiger charge is 2.16. The number of methoxy groups -OCH3 is 1. The first-order chi connectivity index (χ1) is 14.5. The van der Waals surface area contributed by atoms with Crippen LogP contribution in [-0.2, 0) is 0 Å². The Bertz CT molecular complexity index is 1330. The number of halogens is 2. The Kier molecular flexibility index (Phi) is 5.48. The van der Waals surface area contributed by atoms with E-state index in [0.29, 0.717) is 38.2 Å². The highest BCUT2D eigenvalue weighted by Crippen LogP contribution is 2.30. The molecular formula is C23H16Cl2N2O3. The molecule has 30 heavy (non-hydrogen) atoms. The van der Waals surface area contributed by atoms with E-state index in [0.717, 1.165) is 5.56 Å². The van der Waals surface area contributed by atoms with Gasteiger partial charge in [0.05, 0.1) is 33.7 Å². The zero-order valence-electron chi connectivity index (χ0n) is 15.8. The third-order valence-corrected chi connectivity index (χ3v) is 5.20. The summed E-state index contributed by atoms with van der Waals surface area (Å²) >= 11 is 12.8. The van der Waals surface area contributed by atoms with Crippen LogP contribution in [0, 0.1) is 0 Å². The number of para-hydroxylation sites is 2. The monoisotopic (exact) mass is 438 g/mol. The zero-order valence-corrected chi connectivity index (χ0v) is 17.4. The van der Waals surface area contributed by atoms with Gasteiger partial charge in [-0.1, -0.05) is 53.5 Å². The van der Waals surface area contributed by atoms with Gasteiger partial charge >= 0.3 is 0 Å². The molecule has 0 aliphatic rings. The molecule has 0 aliphatic carbocycles. The van der Waals surface area contributed by atoms with Crippen molar-refractivity contribution in [2.45, 2.75) is 0 Å². The molecule has 0 aliphatic heterocycles. The highest BCUT2D eigenvalue weighted by atomic mass is 35.5. The van der Waals surface area contributed by atoms with E-state index < -0.39 is 0 Å². The molecule has 1 aromatic heterocycles. The lowest BCUT2D eigenvalue weighted by molar-refractivity contribution is 0.373. The molecule has 4 aromatic rings. The van der Waals surface area contributed by atoms with Crippen LogP contribution in [0.25, 0.3) is 28.7 Å². The Hall–Kier alpha value is -3.28. The first-order valence-corrected chi connectivity index (χ1v) is 9.76. The standard InChI is InChI=1S/C23H16Cl2N2O3/c1-30-20-13-14(9-11-19(20)28)10-12-21-26-18-8-3-2-5-15(18)23(29)27(21)22-16(24)6-4-7-17(22)25/h2-13,28H,1H3/b12-10+. The van der Waals surface area contributed by atoms with Crippen molar-refractivity contribution in [2.75, 3.05) is 7.11 Å². The van der Waals surface area contributed by atoms with Crippen molar-refractivity contribution in [1.82, 2.24) is 9.55 Å². The number of aromatic hydroxyl groups is 1. The van der Waals surface area contributed by atoms with Crippen LogP contribution in [0.15, 0.2) is 65.5 Å². The normalized spacial score (nSPS) is 11.3. The number of phenols is 1. The SMILES string of the molecule is COc1cc(/C=C/c2nc3ccccc3c(=O)n2-c2c(Cl)cccc2Cl)ccc1O. The molecule has 0 radical (unpaired) electrons. The predicted octanol–water partition coefficient (Wildman–Crippen LogP) is 5.58. The second-order valence-corrected chi connectivity index (χ2v) is 7.28. The fraction of sp³-hybridized carbons (Fsp3) is 0.0435. The third kappa shape index (κ3) is 3.65. The van der Waals surface area contributed by atoms with Crippen LogP contribution in [0.2, 0.25) is 10.0 Å². The van der Waals surface area contributed by atoms with E-state index >= 15 is 0 Å². The van der Waals surface area contributed by atoms with Crippen LogP contribution >= 0.6 is 23.2 Å². The van der Waals surface area contributed by atoms with E-state index in [2.05, 4.69) is 4.98 Å². The van der Waals surface area contributed by atoms with Crippen LogP contribution in [0.3, 0.4) is 0 Å². The quantitative estimate of drug-likeness (QED) is 0.451. The molecule has 150 valence electrons. The molecule has 0 fully saturated rings. The van der Waals surface area contributed by atoms with Crippen molar-refractivity contribution in [3.63, 3.8) is 0 Å². The number of benzene rings is 3. The van der Waals surface area contributed by atoms with E-state index in [1.165, 1.54) is 17.7 Å². The average Bonchev–Trinajstić information content (AvgIpc) is 2.74. The number of phenolic OH excluding ortho intramolecular Hbond substituents is 1. The van der Waals surface area contributed by atoms with E-state index in [1.54, 1.807) is 60.7 Å². The topological polar surface area (TPSA) is 64.3 Å². The van der Waals surface area contributed by atoms with Crippen LogP contribution in [0.4, 0.5) is 0 Å². The molecule has 1 N–H and O–H groups in total. The zero-order chi connectivity index (χ0) is 21.3. The van der Waals surface area contributed by atoms with E-state index in [1.807, 2.05) is 6.07 Å². The van der Waals surface area contributed by atoms with Crippen molar-refractivity contribution in [2.24, 2.45) is 0 Å². The molecule has 0 saturated carbocycles. The summed E-state index contributed by atoms with van der Waals surface area (Å²) < 4.78 is 6.55. The van der Waals surface area contributed by atoms with Crippen molar-refractivity contribution in [3.05, 3.63) is 92.5 Å². The van der Waals surface area contributed by atoms with Gasteiger partial charge in [-0.3, -0.25) is 9.36 Å². The van der Waals surface area contributed by atoms with Gasteiger partial charge in [-0.25, -0.2) is 4.98 Å². The average molecular weight is 439 g/mol. The highest BCUT2D eigenvalue weighted by molar-refractivity contribution is 6.37. The maximum Gasteiger partial charge on any atom is 0.266 e. The molecule has 0 bridgehead atoms. The predicted molar refractivity (Wildman–Crippen MR) is 121 cm³/mol. The molecule has 1 heterocycles. The minimum absolute atomic E-state index is 0.0400. The lowest BCUT2D eigenvalue weighted by Gasteiger charge is -2.14. The molecule has 3 aromatic carbocycles. The number of nitrogens with zero attached hydrogens (tertiary/aromatic N) is 2. The molecular weight excluding hydrogens is 423 g/mol. The summed E-state index contributed by atoms with van der Waals surface area (Å²) in [4.78, 5) is 18.0. The summed E-state index contributed by atoms with van der Waals surface area (Å²) in [6, 6.07) is 17.1. The molecule has 5 nitrogen and oxygen atoms in total. The van der Waals surface area contributed by atoms with Crippen molar-refractivity contribution in [3.8, 4) is 17.2 Å². The number of ether oxygens (including phenoxy) is 1. The van der Waals surface area contributed by atoms with Gasteiger partial charge in [0, 0.05) is 0 Å². The fourth-order valence-corrected chi connectivity index (χ4v) is 3.72. The van der Waals surface area contributed by atoms with Gasteiger partial charge in [0.25, 0.3) is 5.56 Å². The summed E-state index contributed by atoms with van der Waals surface area (Å²) in [5.41, 5.74) is 1.40. The van der Waals surface area contributed by atoms with Crippen LogP contribution in [-0.4, -0.2) is 21.8 Å².